The quantitative estimate of drug-likeness (QED) is 0.286. The molecule has 0 aliphatic rings. The normalized spacial score (nSPS) is 11.6. The molecule has 1 aromatic rings. The van der Waals surface area contributed by atoms with Gasteiger partial charge in [0.2, 0.25) is 0 Å². The van der Waals surface area contributed by atoms with Crippen LogP contribution in [0.1, 0.15) is 32.3 Å². The third-order valence-electron chi connectivity index (χ3n) is 2.79. The van der Waals surface area contributed by atoms with Gasteiger partial charge >= 0.3 is 5.97 Å². The number of nitrogens with zero attached hydrogens (tertiary/aromatic N) is 1. The van der Waals surface area contributed by atoms with Crippen LogP contribution >= 0.6 is 23.5 Å². The zero-order valence-corrected chi connectivity index (χ0v) is 15.0. The van der Waals surface area contributed by atoms with Crippen LogP contribution in [0.2, 0.25) is 0 Å². The molecule has 5 heteroatoms. The van der Waals surface area contributed by atoms with E-state index in [1.807, 2.05) is 35.7 Å². The van der Waals surface area contributed by atoms with Gasteiger partial charge in [0.05, 0.1) is 0 Å². The van der Waals surface area contributed by atoms with E-state index >= 15 is 0 Å². The summed E-state index contributed by atoms with van der Waals surface area (Å²) in [6, 6.07) is 7.92. The van der Waals surface area contributed by atoms with E-state index in [4.69, 9.17) is 10.4 Å². The van der Waals surface area contributed by atoms with E-state index in [0.29, 0.717) is 0 Å². The van der Waals surface area contributed by atoms with E-state index in [-0.39, 0.29) is 5.57 Å². The summed E-state index contributed by atoms with van der Waals surface area (Å²) in [5.41, 5.74) is 0.736. The van der Waals surface area contributed by atoms with Gasteiger partial charge in [-0.2, -0.15) is 5.26 Å². The fourth-order valence-corrected chi connectivity index (χ4v) is 3.69. The summed E-state index contributed by atoms with van der Waals surface area (Å²) in [5, 5.41) is 17.5. The zero-order valence-electron chi connectivity index (χ0n) is 13.4. The molecule has 1 rings (SSSR count). The van der Waals surface area contributed by atoms with Crippen molar-refractivity contribution in [3.63, 3.8) is 0 Å². The van der Waals surface area contributed by atoms with E-state index in [9.17, 15) is 4.79 Å². The Balaban J connectivity index is 2.95. The smallest absolute Gasteiger partial charge is 0.346 e. The molecular formula is C18H21NO2S2. The van der Waals surface area contributed by atoms with Crippen LogP contribution in [0.25, 0.3) is 6.08 Å². The van der Waals surface area contributed by atoms with Crippen molar-refractivity contribution in [2.75, 3.05) is 11.5 Å². The number of thioether (sulfide) groups is 2. The lowest BCUT2D eigenvalue weighted by Gasteiger charge is -2.09. The Hall–Kier alpha value is -1.64. The molecule has 0 unspecified atom stereocenters. The highest BCUT2D eigenvalue weighted by atomic mass is 32.2. The highest BCUT2D eigenvalue weighted by Crippen LogP contribution is 2.32. The van der Waals surface area contributed by atoms with E-state index in [0.717, 1.165) is 29.9 Å². The molecule has 23 heavy (non-hydrogen) atoms. The van der Waals surface area contributed by atoms with Crippen LogP contribution in [0.5, 0.6) is 0 Å². The summed E-state index contributed by atoms with van der Waals surface area (Å²) >= 11 is 3.71. The lowest BCUT2D eigenvalue weighted by molar-refractivity contribution is -0.132. The van der Waals surface area contributed by atoms with Crippen molar-refractivity contribution < 1.29 is 9.90 Å². The van der Waals surface area contributed by atoms with Gasteiger partial charge in [-0.05, 0) is 48.1 Å². The number of carboxylic acid groups (broad SMARTS) is 1. The topological polar surface area (TPSA) is 61.1 Å². The maximum atomic E-state index is 10.8. The summed E-state index contributed by atoms with van der Waals surface area (Å²) in [7, 11) is 0. The number of allylic oxidation sites excluding steroid dienone is 2. The van der Waals surface area contributed by atoms with Crippen molar-refractivity contribution >= 4 is 35.6 Å². The Morgan fingerprint density at radius 1 is 1.22 bits per heavy atom. The van der Waals surface area contributed by atoms with Crippen molar-refractivity contribution in [1.82, 2.24) is 0 Å². The van der Waals surface area contributed by atoms with Crippen LogP contribution in [-0.4, -0.2) is 22.6 Å². The number of hydrogen-bond donors (Lipinski definition) is 1. The molecule has 0 aliphatic heterocycles. The molecule has 0 radical (unpaired) electrons. The van der Waals surface area contributed by atoms with Crippen molar-refractivity contribution in [1.29, 1.82) is 5.26 Å². The molecule has 0 fully saturated rings. The SMILES string of the molecule is CCCSc1ccc(C=CC=C(C#N)C(=O)O)cc1SCCC. The number of rotatable bonds is 9. The minimum atomic E-state index is -1.21. The average Bonchev–Trinajstić information content (AvgIpc) is 2.55. The molecule has 0 heterocycles. The maximum absolute atomic E-state index is 10.8. The number of carbonyl (C=O) groups is 1. The van der Waals surface area contributed by atoms with Gasteiger partial charge in [-0.25, -0.2) is 4.79 Å². The standard InChI is InChI=1S/C18H21NO2S2/c1-3-10-22-16-9-8-14(12-17(16)23-11-4-2)6-5-7-15(13-19)18(20)21/h5-9,12H,3-4,10-11H2,1-2H3,(H,20,21). The van der Waals surface area contributed by atoms with Gasteiger partial charge in [0, 0.05) is 9.79 Å². The Labute approximate surface area is 146 Å². The second kappa shape index (κ2) is 11.0. The molecule has 0 aliphatic carbocycles. The highest BCUT2D eigenvalue weighted by molar-refractivity contribution is 8.02. The minimum absolute atomic E-state index is 0.267. The molecular weight excluding hydrogens is 326 g/mol. The van der Waals surface area contributed by atoms with Gasteiger partial charge < -0.3 is 5.11 Å². The number of aliphatic carboxylic acids is 1. The van der Waals surface area contributed by atoms with E-state index in [1.54, 1.807) is 12.1 Å². The molecule has 1 aromatic carbocycles. The van der Waals surface area contributed by atoms with Crippen LogP contribution in [0.15, 0.2) is 45.7 Å². The van der Waals surface area contributed by atoms with Crippen molar-refractivity contribution in [3.8, 4) is 6.07 Å². The molecule has 0 spiro atoms. The molecule has 122 valence electrons. The van der Waals surface area contributed by atoms with Crippen LogP contribution in [-0.2, 0) is 4.79 Å². The Morgan fingerprint density at radius 2 is 1.87 bits per heavy atom. The van der Waals surface area contributed by atoms with Gasteiger partial charge in [0.25, 0.3) is 0 Å². The van der Waals surface area contributed by atoms with Gasteiger partial charge in [0.15, 0.2) is 0 Å². The van der Waals surface area contributed by atoms with Crippen LogP contribution in [0.3, 0.4) is 0 Å². The molecule has 3 nitrogen and oxygen atoms in total. The number of benzene rings is 1. The second-order valence-corrected chi connectivity index (χ2v) is 7.03. The molecule has 0 aromatic heterocycles. The Kier molecular flexibility index (Phi) is 9.27. The summed E-state index contributed by atoms with van der Waals surface area (Å²) in [5.74, 6) is 0.967. The van der Waals surface area contributed by atoms with E-state index < -0.39 is 5.97 Å². The van der Waals surface area contributed by atoms with Gasteiger partial charge in [-0.15, -0.1) is 23.5 Å². The van der Waals surface area contributed by atoms with Crippen LogP contribution in [0.4, 0.5) is 0 Å². The lowest BCUT2D eigenvalue weighted by atomic mass is 10.2. The summed E-state index contributed by atoms with van der Waals surface area (Å²) in [6.07, 6.45) is 7.01. The predicted octanol–water partition coefficient (Wildman–Crippen LogP) is 5.24. The van der Waals surface area contributed by atoms with Crippen molar-refractivity contribution in [2.45, 2.75) is 36.5 Å². The third kappa shape index (κ3) is 6.98. The largest absolute Gasteiger partial charge is 0.477 e. The zero-order chi connectivity index (χ0) is 17.1. The molecule has 0 atom stereocenters. The van der Waals surface area contributed by atoms with Crippen LogP contribution in [0, 0.1) is 11.3 Å². The molecule has 1 N–H and O–H groups in total. The van der Waals surface area contributed by atoms with Gasteiger partial charge in [-0.3, -0.25) is 0 Å². The first-order valence-electron chi connectivity index (χ1n) is 7.53. The maximum Gasteiger partial charge on any atom is 0.346 e. The van der Waals surface area contributed by atoms with E-state index in [2.05, 4.69) is 26.0 Å². The summed E-state index contributed by atoms with van der Waals surface area (Å²) < 4.78 is 0. The van der Waals surface area contributed by atoms with Gasteiger partial charge in [-0.1, -0.05) is 32.1 Å². The Morgan fingerprint density at radius 3 is 2.43 bits per heavy atom. The second-order valence-electron chi connectivity index (χ2n) is 4.76. The molecule has 0 amide bonds. The van der Waals surface area contributed by atoms with Gasteiger partial charge in [0.1, 0.15) is 11.6 Å². The first kappa shape index (κ1) is 19.4. The molecule has 0 bridgehead atoms. The first-order valence-corrected chi connectivity index (χ1v) is 9.50. The number of hydrogen-bond acceptors (Lipinski definition) is 4. The third-order valence-corrected chi connectivity index (χ3v) is 5.46. The average molecular weight is 348 g/mol. The Bertz CT molecular complexity index is 630. The fourth-order valence-electron chi connectivity index (χ4n) is 1.70. The fraction of sp³-hybridized carbons (Fsp3) is 0.333. The summed E-state index contributed by atoms with van der Waals surface area (Å²) in [4.78, 5) is 13.3. The monoisotopic (exact) mass is 347 g/mol. The highest BCUT2D eigenvalue weighted by Gasteiger charge is 2.05. The lowest BCUT2D eigenvalue weighted by Crippen LogP contribution is -1.96. The predicted molar refractivity (Wildman–Crippen MR) is 98.8 cm³/mol. The van der Waals surface area contributed by atoms with E-state index in [1.165, 1.54) is 15.9 Å². The molecule has 0 saturated heterocycles. The van der Waals surface area contributed by atoms with Crippen LogP contribution < -0.4 is 0 Å². The minimum Gasteiger partial charge on any atom is -0.477 e. The number of nitriles is 1. The number of carboxylic acids is 1. The summed E-state index contributed by atoms with van der Waals surface area (Å²) in [6.45, 7) is 4.33. The molecule has 0 saturated carbocycles. The van der Waals surface area contributed by atoms with Crippen molar-refractivity contribution in [3.05, 3.63) is 41.5 Å². The first-order chi connectivity index (χ1) is 11.1. The van der Waals surface area contributed by atoms with Crippen molar-refractivity contribution in [2.24, 2.45) is 0 Å².